The lowest BCUT2D eigenvalue weighted by atomic mass is 9.81. The van der Waals surface area contributed by atoms with Gasteiger partial charge in [0.25, 0.3) is 0 Å². The Hall–Kier alpha value is -3.98. The van der Waals surface area contributed by atoms with E-state index in [1.54, 1.807) is 0 Å². The van der Waals surface area contributed by atoms with Crippen LogP contribution in [0, 0.1) is 6.92 Å². The smallest absolute Gasteiger partial charge is 0.224 e. The molecule has 0 aliphatic carbocycles. The van der Waals surface area contributed by atoms with Crippen molar-refractivity contribution in [2.24, 2.45) is 7.05 Å². The molecule has 0 radical (unpaired) electrons. The minimum absolute atomic E-state index is 0.425. The maximum absolute atomic E-state index is 4.59. The molecule has 0 fully saturated rings. The molecule has 0 amide bonds. The van der Waals surface area contributed by atoms with Crippen molar-refractivity contribution in [2.45, 2.75) is 66.2 Å². The van der Waals surface area contributed by atoms with Crippen molar-refractivity contribution in [2.75, 3.05) is 0 Å². The number of hydrogen-bond donors (Lipinski definition) is 0. The highest BCUT2D eigenvalue weighted by Gasteiger charge is 2.26. The van der Waals surface area contributed by atoms with Crippen molar-refractivity contribution < 1.29 is 4.57 Å². The predicted octanol–water partition coefficient (Wildman–Crippen LogP) is 9.56. The number of rotatable bonds is 4. The first-order chi connectivity index (χ1) is 19.2. The zero-order valence-corrected chi connectivity index (χ0v) is 24.9. The van der Waals surface area contributed by atoms with Gasteiger partial charge in [0.1, 0.15) is 7.05 Å². The van der Waals surface area contributed by atoms with E-state index >= 15 is 0 Å². The molecule has 0 saturated heterocycles. The molecule has 7 rings (SSSR count). The predicted molar refractivity (Wildman–Crippen MR) is 170 cm³/mol. The Morgan fingerprint density at radius 3 is 2.15 bits per heavy atom. The summed E-state index contributed by atoms with van der Waals surface area (Å²) in [4.78, 5) is 4.59. The van der Waals surface area contributed by atoms with Gasteiger partial charge in [-0.05, 0) is 81.6 Å². The molecule has 3 heteroatoms. The van der Waals surface area contributed by atoms with Crippen LogP contribution < -0.4 is 4.57 Å². The summed E-state index contributed by atoms with van der Waals surface area (Å²) in [6, 6.07) is 18.9. The van der Waals surface area contributed by atoms with E-state index in [0.717, 1.165) is 0 Å². The molecule has 0 N–H and O–H groups in total. The highest BCUT2D eigenvalue weighted by atomic mass is 15.0. The molecule has 3 nitrogen and oxygen atoms in total. The van der Waals surface area contributed by atoms with Gasteiger partial charge in [0.2, 0.25) is 5.52 Å². The number of nitrogens with zero attached hydrogens (tertiary/aromatic N) is 3. The first kappa shape index (κ1) is 25.0. The monoisotopic (exact) mass is 524 g/mol. The first-order valence-corrected chi connectivity index (χ1v) is 14.7. The van der Waals surface area contributed by atoms with E-state index in [0.29, 0.717) is 17.8 Å². The average molecular weight is 525 g/mol. The molecule has 7 aromatic rings. The highest BCUT2D eigenvalue weighted by Crippen LogP contribution is 2.44. The molecule has 200 valence electrons. The summed E-state index contributed by atoms with van der Waals surface area (Å²) in [5.74, 6) is 1.35. The molecule has 0 bridgehead atoms. The van der Waals surface area contributed by atoms with Crippen LogP contribution in [0.1, 0.15) is 81.5 Å². The molecule has 0 spiro atoms. The summed E-state index contributed by atoms with van der Waals surface area (Å²) in [5.41, 5.74) is 13.3. The van der Waals surface area contributed by atoms with Gasteiger partial charge >= 0.3 is 0 Å². The van der Waals surface area contributed by atoms with Crippen LogP contribution in [0.25, 0.3) is 60.1 Å². The second-order valence-electron chi connectivity index (χ2n) is 12.7. The molecular formula is C37H38N3+. The van der Waals surface area contributed by atoms with Crippen molar-refractivity contribution in [1.82, 2.24) is 9.38 Å². The SMILES string of the molecule is Cc1ccc2c3ccncc3n3c4cc(-c5c(C(C)C)cc(C(C)C)cc5C(C)C)cc5cc[n+](C)c(c1c23)c54. The number of aromatic nitrogens is 3. The third kappa shape index (κ3) is 3.36. The lowest BCUT2D eigenvalue weighted by Gasteiger charge is -2.24. The Kier molecular flexibility index (Phi) is 5.48. The van der Waals surface area contributed by atoms with Gasteiger partial charge in [-0.25, -0.2) is 4.57 Å². The number of hydrogen-bond acceptors (Lipinski definition) is 1. The van der Waals surface area contributed by atoms with E-state index in [1.807, 2.05) is 12.4 Å². The minimum Gasteiger partial charge on any atom is -0.306 e. The summed E-state index contributed by atoms with van der Waals surface area (Å²) >= 11 is 0. The maximum atomic E-state index is 4.59. The van der Waals surface area contributed by atoms with E-state index in [9.17, 15) is 0 Å². The quantitative estimate of drug-likeness (QED) is 0.128. The molecule has 0 saturated carbocycles. The van der Waals surface area contributed by atoms with E-state index in [2.05, 4.69) is 124 Å². The Balaban J connectivity index is 1.74. The van der Waals surface area contributed by atoms with E-state index in [-0.39, 0.29) is 0 Å². The zero-order valence-electron chi connectivity index (χ0n) is 24.9. The molecule has 4 heterocycles. The minimum atomic E-state index is 0.425. The van der Waals surface area contributed by atoms with Gasteiger partial charge in [0.15, 0.2) is 6.20 Å². The second-order valence-corrected chi connectivity index (χ2v) is 12.7. The Bertz CT molecular complexity index is 2080. The Morgan fingerprint density at radius 1 is 0.750 bits per heavy atom. The van der Waals surface area contributed by atoms with E-state index in [4.69, 9.17) is 0 Å². The molecule has 40 heavy (non-hydrogen) atoms. The van der Waals surface area contributed by atoms with Crippen LogP contribution in [0.4, 0.5) is 0 Å². The number of fused-ring (bicyclic) bond motifs is 5. The molecule has 0 aliphatic rings. The van der Waals surface area contributed by atoms with Crippen molar-refractivity contribution in [3.05, 3.63) is 89.4 Å². The van der Waals surface area contributed by atoms with Crippen molar-refractivity contribution in [3.8, 4) is 11.1 Å². The fourth-order valence-corrected chi connectivity index (χ4v) is 7.00. The Labute approximate surface area is 236 Å². The summed E-state index contributed by atoms with van der Waals surface area (Å²) in [6.07, 6.45) is 6.19. The standard InChI is InChI=1S/C37H38N3/c1-20(2)25-16-29(21(3)4)34(30(17-25)22(5)6)26-15-24-12-14-39(8)37-33-23(7)9-10-28-27-11-13-38-19-32(27)40(36(28)33)31(18-26)35(24)37/h9-22H,1-8H3/q+1. The summed E-state index contributed by atoms with van der Waals surface area (Å²) in [7, 11) is 2.18. The normalized spacial score (nSPS) is 12.7. The van der Waals surface area contributed by atoms with E-state index in [1.165, 1.54) is 82.4 Å². The first-order valence-electron chi connectivity index (χ1n) is 14.7. The van der Waals surface area contributed by atoms with Crippen LogP contribution in [-0.4, -0.2) is 9.38 Å². The third-order valence-corrected chi connectivity index (χ3v) is 9.05. The van der Waals surface area contributed by atoms with Crippen LogP contribution in [0.15, 0.2) is 67.1 Å². The van der Waals surface area contributed by atoms with Gasteiger partial charge in [-0.3, -0.25) is 4.98 Å². The lowest BCUT2D eigenvalue weighted by molar-refractivity contribution is -0.643. The van der Waals surface area contributed by atoms with Crippen LogP contribution in [0.3, 0.4) is 0 Å². The molecule has 0 unspecified atom stereocenters. The second kappa shape index (κ2) is 8.76. The van der Waals surface area contributed by atoms with Gasteiger partial charge in [-0.2, -0.15) is 0 Å². The van der Waals surface area contributed by atoms with Gasteiger partial charge in [-0.15, -0.1) is 0 Å². The van der Waals surface area contributed by atoms with Crippen LogP contribution in [0.2, 0.25) is 0 Å². The number of aryl methyl sites for hydroxylation is 2. The lowest BCUT2D eigenvalue weighted by Crippen LogP contribution is -2.28. The van der Waals surface area contributed by atoms with Gasteiger partial charge in [-0.1, -0.05) is 65.8 Å². The van der Waals surface area contributed by atoms with E-state index < -0.39 is 0 Å². The van der Waals surface area contributed by atoms with Crippen molar-refractivity contribution >= 4 is 49.0 Å². The van der Waals surface area contributed by atoms with Gasteiger partial charge in [0.05, 0.1) is 33.5 Å². The molecule has 0 atom stereocenters. The number of benzene rings is 3. The van der Waals surface area contributed by atoms with Crippen molar-refractivity contribution in [1.29, 1.82) is 0 Å². The topological polar surface area (TPSA) is 21.2 Å². The van der Waals surface area contributed by atoms with Gasteiger partial charge < -0.3 is 4.40 Å². The average Bonchev–Trinajstić information content (AvgIpc) is 3.27. The third-order valence-electron chi connectivity index (χ3n) is 9.05. The molecule has 0 aliphatic heterocycles. The molecule has 3 aromatic carbocycles. The fraction of sp³-hybridized carbons (Fsp3) is 0.297. The van der Waals surface area contributed by atoms with Crippen LogP contribution >= 0.6 is 0 Å². The van der Waals surface area contributed by atoms with Crippen LogP contribution in [0.5, 0.6) is 0 Å². The maximum Gasteiger partial charge on any atom is 0.224 e. The summed E-state index contributed by atoms with van der Waals surface area (Å²) in [6.45, 7) is 16.2. The van der Waals surface area contributed by atoms with Crippen LogP contribution in [-0.2, 0) is 7.05 Å². The summed E-state index contributed by atoms with van der Waals surface area (Å²) in [5, 5.41) is 6.47. The van der Waals surface area contributed by atoms with Gasteiger partial charge in [0, 0.05) is 23.0 Å². The largest absolute Gasteiger partial charge is 0.306 e. The van der Waals surface area contributed by atoms with Crippen molar-refractivity contribution in [3.63, 3.8) is 0 Å². The fourth-order valence-electron chi connectivity index (χ4n) is 7.00. The zero-order chi connectivity index (χ0) is 28.0. The Morgan fingerprint density at radius 2 is 1.48 bits per heavy atom. The molecular weight excluding hydrogens is 486 g/mol. The number of pyridine rings is 3. The molecule has 4 aromatic heterocycles. The summed E-state index contributed by atoms with van der Waals surface area (Å²) < 4.78 is 4.80. The highest BCUT2D eigenvalue weighted by molar-refractivity contribution is 6.26.